The number of nitrogens with one attached hydrogen (secondary N) is 2. The van der Waals surface area contributed by atoms with Gasteiger partial charge in [-0.15, -0.1) is 0 Å². The Balaban J connectivity index is 1.68. The van der Waals surface area contributed by atoms with Gasteiger partial charge in [0.15, 0.2) is 0 Å². The number of pyridine rings is 1. The quantitative estimate of drug-likeness (QED) is 0.451. The van der Waals surface area contributed by atoms with E-state index in [1.165, 1.54) is 4.90 Å². The smallest absolute Gasteiger partial charge is 0.322 e. The van der Waals surface area contributed by atoms with Crippen LogP contribution in [0.15, 0.2) is 70.1 Å². The highest BCUT2D eigenvalue weighted by Crippen LogP contribution is 2.24. The molecule has 4 rings (SSSR count). The standard InChI is InChI=1S/C25H25N3O4/c1-16-10-11-17(2)23-20(16)13-18(24(29)27-23)14-28(15-19-7-6-12-32-19)25(30)26-21-8-4-5-9-22(21)31-3/h4-13H,14-15H2,1-3H3,(H,26,30)(H,27,29). The van der Waals surface area contributed by atoms with E-state index < -0.39 is 0 Å². The van der Waals surface area contributed by atoms with E-state index in [-0.39, 0.29) is 24.7 Å². The van der Waals surface area contributed by atoms with Gasteiger partial charge in [0.2, 0.25) is 0 Å². The van der Waals surface area contributed by atoms with Gasteiger partial charge < -0.3 is 24.4 Å². The Morgan fingerprint density at radius 3 is 2.59 bits per heavy atom. The molecule has 164 valence electrons. The van der Waals surface area contributed by atoms with Gasteiger partial charge >= 0.3 is 6.03 Å². The minimum atomic E-state index is -0.369. The molecule has 7 nitrogen and oxygen atoms in total. The number of anilines is 1. The molecule has 2 heterocycles. The maximum atomic E-state index is 13.2. The molecule has 4 aromatic rings. The van der Waals surface area contributed by atoms with Crippen LogP contribution in [0.5, 0.6) is 5.75 Å². The van der Waals surface area contributed by atoms with E-state index in [0.717, 1.165) is 22.0 Å². The van der Waals surface area contributed by atoms with Crippen molar-refractivity contribution in [1.82, 2.24) is 9.88 Å². The van der Waals surface area contributed by atoms with Crippen LogP contribution >= 0.6 is 0 Å². The molecule has 2 amide bonds. The van der Waals surface area contributed by atoms with Gasteiger partial charge in [0, 0.05) is 10.9 Å². The summed E-state index contributed by atoms with van der Waals surface area (Å²) in [6.45, 7) is 4.28. The second kappa shape index (κ2) is 9.01. The Kier molecular flexibility index (Phi) is 5.98. The maximum Gasteiger partial charge on any atom is 0.322 e. The molecular weight excluding hydrogens is 406 g/mol. The number of furan rings is 1. The van der Waals surface area contributed by atoms with Gasteiger partial charge in [0.25, 0.3) is 5.56 Å². The van der Waals surface area contributed by atoms with Gasteiger partial charge in [-0.1, -0.05) is 24.3 Å². The number of ether oxygens (including phenoxy) is 1. The fourth-order valence-corrected chi connectivity index (χ4v) is 3.67. The molecule has 0 aliphatic heterocycles. The van der Waals surface area contributed by atoms with Gasteiger partial charge in [-0.3, -0.25) is 4.79 Å². The highest BCUT2D eigenvalue weighted by Gasteiger charge is 2.19. The average molecular weight is 431 g/mol. The van der Waals surface area contributed by atoms with Gasteiger partial charge in [-0.2, -0.15) is 0 Å². The van der Waals surface area contributed by atoms with Crippen LogP contribution in [0.3, 0.4) is 0 Å². The largest absolute Gasteiger partial charge is 0.495 e. The van der Waals surface area contributed by atoms with Crippen molar-refractivity contribution in [1.29, 1.82) is 0 Å². The van der Waals surface area contributed by atoms with Crippen molar-refractivity contribution in [3.05, 3.63) is 93.7 Å². The molecular formula is C25H25N3O4. The second-order valence-electron chi connectivity index (χ2n) is 7.68. The van der Waals surface area contributed by atoms with Crippen LogP contribution in [-0.2, 0) is 13.1 Å². The van der Waals surface area contributed by atoms with Crippen LogP contribution in [0.2, 0.25) is 0 Å². The zero-order valence-electron chi connectivity index (χ0n) is 18.3. The number of carbonyl (C=O) groups excluding carboxylic acids is 1. The Labute approximate surface area is 185 Å². The van der Waals surface area contributed by atoms with E-state index in [9.17, 15) is 9.59 Å². The van der Waals surface area contributed by atoms with Gasteiger partial charge in [0.05, 0.1) is 37.7 Å². The number of amides is 2. The fourth-order valence-electron chi connectivity index (χ4n) is 3.67. The number of para-hydroxylation sites is 2. The first-order chi connectivity index (χ1) is 15.5. The molecule has 0 unspecified atom stereocenters. The van der Waals surface area contributed by atoms with E-state index in [1.807, 2.05) is 44.2 Å². The number of H-pyrrole nitrogens is 1. The molecule has 0 bridgehead atoms. The second-order valence-corrected chi connectivity index (χ2v) is 7.68. The summed E-state index contributed by atoms with van der Waals surface area (Å²) < 4.78 is 10.8. The zero-order valence-corrected chi connectivity index (χ0v) is 18.3. The lowest BCUT2D eigenvalue weighted by Crippen LogP contribution is -2.35. The number of carbonyl (C=O) groups is 1. The molecule has 2 N–H and O–H groups in total. The van der Waals surface area contributed by atoms with Crippen molar-refractivity contribution in [2.24, 2.45) is 0 Å². The molecule has 0 saturated heterocycles. The summed E-state index contributed by atoms with van der Waals surface area (Å²) in [5, 5.41) is 3.84. The molecule has 2 aromatic carbocycles. The van der Waals surface area contributed by atoms with Crippen LogP contribution in [0, 0.1) is 13.8 Å². The Bertz CT molecular complexity index is 1310. The summed E-state index contributed by atoms with van der Waals surface area (Å²) in [5.74, 6) is 1.16. The van der Waals surface area contributed by atoms with Gasteiger partial charge in [0.1, 0.15) is 11.5 Å². The SMILES string of the molecule is COc1ccccc1NC(=O)N(Cc1ccco1)Cc1cc2c(C)ccc(C)c2[nH]c1=O. The summed E-state index contributed by atoms with van der Waals surface area (Å²) in [7, 11) is 1.55. The number of nitrogens with zero attached hydrogens (tertiary/aromatic N) is 1. The number of fused-ring (bicyclic) bond motifs is 1. The minimum Gasteiger partial charge on any atom is -0.495 e. The number of hydrogen-bond donors (Lipinski definition) is 2. The first kappa shape index (κ1) is 21.2. The molecule has 32 heavy (non-hydrogen) atoms. The highest BCUT2D eigenvalue weighted by atomic mass is 16.5. The van der Waals surface area contributed by atoms with Crippen molar-refractivity contribution in [2.75, 3.05) is 12.4 Å². The molecule has 0 aliphatic rings. The van der Waals surface area contributed by atoms with Crippen molar-refractivity contribution >= 4 is 22.6 Å². The normalized spacial score (nSPS) is 10.8. The van der Waals surface area contributed by atoms with Crippen LogP contribution in [0.25, 0.3) is 10.9 Å². The number of rotatable bonds is 6. The summed E-state index contributed by atoms with van der Waals surface area (Å²) in [5.41, 5.74) is 3.68. The van der Waals surface area contributed by atoms with E-state index >= 15 is 0 Å². The predicted molar refractivity (Wildman–Crippen MR) is 124 cm³/mol. The Morgan fingerprint density at radius 1 is 1.06 bits per heavy atom. The topological polar surface area (TPSA) is 87.6 Å². The van der Waals surface area contributed by atoms with E-state index in [2.05, 4.69) is 10.3 Å². The molecule has 7 heteroatoms. The van der Waals surface area contributed by atoms with Crippen LogP contribution in [0.1, 0.15) is 22.5 Å². The number of methoxy groups -OCH3 is 1. The summed E-state index contributed by atoms with van der Waals surface area (Å²) in [6, 6.07) is 16.2. The molecule has 0 aliphatic carbocycles. The van der Waals surface area contributed by atoms with Gasteiger partial charge in [-0.05, 0) is 55.3 Å². The molecule has 0 saturated carbocycles. The number of aryl methyl sites for hydroxylation is 2. The summed E-state index contributed by atoms with van der Waals surface area (Å²) in [6.07, 6.45) is 1.56. The Morgan fingerprint density at radius 2 is 1.84 bits per heavy atom. The zero-order chi connectivity index (χ0) is 22.7. The molecule has 0 radical (unpaired) electrons. The highest BCUT2D eigenvalue weighted by molar-refractivity contribution is 5.91. The number of urea groups is 1. The lowest BCUT2D eigenvalue weighted by atomic mass is 10.0. The van der Waals surface area contributed by atoms with Crippen LogP contribution in [-0.4, -0.2) is 23.0 Å². The predicted octanol–water partition coefficient (Wildman–Crippen LogP) is 4.98. The van der Waals surface area contributed by atoms with Crippen LogP contribution < -0.4 is 15.6 Å². The lowest BCUT2D eigenvalue weighted by molar-refractivity contribution is 0.201. The number of hydrogen-bond acceptors (Lipinski definition) is 4. The number of aromatic amines is 1. The molecule has 2 aromatic heterocycles. The number of benzene rings is 2. The third-order valence-electron chi connectivity index (χ3n) is 5.44. The third kappa shape index (κ3) is 4.37. The first-order valence-electron chi connectivity index (χ1n) is 10.3. The average Bonchev–Trinajstić information content (AvgIpc) is 3.30. The van der Waals surface area contributed by atoms with E-state index in [0.29, 0.717) is 22.8 Å². The van der Waals surface area contributed by atoms with Crippen molar-refractivity contribution in [3.63, 3.8) is 0 Å². The lowest BCUT2D eigenvalue weighted by Gasteiger charge is -2.23. The number of aromatic nitrogens is 1. The van der Waals surface area contributed by atoms with E-state index in [1.54, 1.807) is 37.6 Å². The summed E-state index contributed by atoms with van der Waals surface area (Å²) in [4.78, 5) is 30.6. The maximum absolute atomic E-state index is 13.2. The third-order valence-corrected chi connectivity index (χ3v) is 5.44. The van der Waals surface area contributed by atoms with Crippen molar-refractivity contribution in [2.45, 2.75) is 26.9 Å². The monoisotopic (exact) mass is 431 g/mol. The fraction of sp³-hybridized carbons (Fsp3) is 0.200. The minimum absolute atomic E-state index is 0.111. The van der Waals surface area contributed by atoms with E-state index in [4.69, 9.17) is 9.15 Å². The Hall–Kier alpha value is -4.00. The molecule has 0 fully saturated rings. The van der Waals surface area contributed by atoms with Crippen molar-refractivity contribution < 1.29 is 13.9 Å². The molecule has 0 spiro atoms. The van der Waals surface area contributed by atoms with Crippen LogP contribution in [0.4, 0.5) is 10.5 Å². The summed E-state index contributed by atoms with van der Waals surface area (Å²) >= 11 is 0. The molecule has 0 atom stereocenters. The van der Waals surface area contributed by atoms with Gasteiger partial charge in [-0.25, -0.2) is 4.79 Å². The first-order valence-corrected chi connectivity index (χ1v) is 10.3. The van der Waals surface area contributed by atoms with Crippen molar-refractivity contribution in [3.8, 4) is 5.75 Å².